The van der Waals surface area contributed by atoms with E-state index in [1.807, 2.05) is 21.1 Å². The first kappa shape index (κ1) is 82.4. The van der Waals surface area contributed by atoms with Crippen LogP contribution in [0.15, 0.2) is 122 Å². The van der Waals surface area contributed by atoms with Crippen LogP contribution in [0.5, 0.6) is 0 Å². The van der Waals surface area contributed by atoms with Gasteiger partial charge in [0.05, 0.1) is 27.7 Å². The van der Waals surface area contributed by atoms with Crippen molar-refractivity contribution in [3.63, 3.8) is 0 Å². The molecule has 0 saturated carbocycles. The molecule has 0 aliphatic heterocycles. The molecule has 0 aromatic rings. The first-order valence-electron chi connectivity index (χ1n) is 35.3. The minimum absolute atomic E-state index is 0.0262. The van der Waals surface area contributed by atoms with Gasteiger partial charge in [-0.3, -0.25) is 18.6 Å². The molecule has 2 atom stereocenters. The van der Waals surface area contributed by atoms with Crippen molar-refractivity contribution in [1.29, 1.82) is 0 Å². The Balaban J connectivity index is 3.99. The van der Waals surface area contributed by atoms with E-state index in [4.69, 9.17) is 18.5 Å². The van der Waals surface area contributed by atoms with Crippen molar-refractivity contribution >= 4 is 19.8 Å². The van der Waals surface area contributed by atoms with Crippen LogP contribution in [-0.2, 0) is 32.7 Å². The number of esters is 2. The second-order valence-electron chi connectivity index (χ2n) is 24.5. The smallest absolute Gasteiger partial charge is 0.462 e. The minimum Gasteiger partial charge on any atom is -0.462 e. The Hall–Kier alpha value is -3.59. The van der Waals surface area contributed by atoms with Crippen molar-refractivity contribution in [2.45, 2.75) is 302 Å². The molecule has 0 aliphatic rings. The molecule has 0 saturated heterocycles. The number of ether oxygens (including phenoxy) is 2. The summed E-state index contributed by atoms with van der Waals surface area (Å²) < 4.78 is 34.7. The van der Waals surface area contributed by atoms with E-state index in [1.165, 1.54) is 154 Å². The fourth-order valence-corrected chi connectivity index (χ4v) is 10.4. The van der Waals surface area contributed by atoms with Gasteiger partial charge in [0.2, 0.25) is 0 Å². The van der Waals surface area contributed by atoms with Crippen molar-refractivity contribution in [3.8, 4) is 0 Å². The third-order valence-electron chi connectivity index (χ3n) is 15.0. The van der Waals surface area contributed by atoms with Gasteiger partial charge in [-0.15, -0.1) is 0 Å². The summed E-state index contributed by atoms with van der Waals surface area (Å²) in [6.07, 6.45) is 94.5. The summed E-state index contributed by atoms with van der Waals surface area (Å²) in [7, 11) is 1.47. The minimum atomic E-state index is -4.40. The molecule has 2 unspecified atom stereocenters. The molecule has 0 bridgehead atoms. The number of nitrogens with zero attached hydrogens (tertiary/aromatic N) is 1. The highest BCUT2D eigenvalue weighted by molar-refractivity contribution is 7.47. The zero-order valence-corrected chi connectivity index (χ0v) is 57.2. The van der Waals surface area contributed by atoms with Gasteiger partial charge in [0.1, 0.15) is 19.8 Å². The maximum Gasteiger partial charge on any atom is 0.472 e. The third-order valence-corrected chi connectivity index (χ3v) is 16.0. The second kappa shape index (κ2) is 65.8. The molecule has 0 spiro atoms. The number of likely N-dealkylation sites (N-methyl/N-ethyl adjacent to an activating group) is 1. The molecule has 86 heavy (non-hydrogen) atoms. The number of unbranched alkanes of at least 4 members (excludes halogenated alkanes) is 30. The zero-order valence-electron chi connectivity index (χ0n) is 56.3. The van der Waals surface area contributed by atoms with E-state index in [0.717, 1.165) is 109 Å². The van der Waals surface area contributed by atoms with Crippen LogP contribution in [0.25, 0.3) is 0 Å². The molecule has 0 aromatic heterocycles. The predicted molar refractivity (Wildman–Crippen MR) is 371 cm³/mol. The molecular weight excluding hydrogens is 1090 g/mol. The van der Waals surface area contributed by atoms with E-state index < -0.39 is 26.5 Å². The van der Waals surface area contributed by atoms with Crippen LogP contribution >= 0.6 is 7.82 Å². The lowest BCUT2D eigenvalue weighted by molar-refractivity contribution is -0.870. The van der Waals surface area contributed by atoms with Crippen LogP contribution in [0.2, 0.25) is 0 Å². The van der Waals surface area contributed by atoms with E-state index in [9.17, 15) is 19.0 Å². The van der Waals surface area contributed by atoms with Crippen LogP contribution in [0.1, 0.15) is 296 Å². The van der Waals surface area contributed by atoms with Gasteiger partial charge in [-0.25, -0.2) is 4.57 Å². The standard InChI is InChI=1S/C76H132NO8P/c1-6-8-10-12-14-16-18-20-22-24-26-28-30-31-32-33-34-35-36-37-38-39-40-41-42-43-44-45-47-49-51-53-55-57-59-61-63-65-67-69-76(79)85-74(73-84-86(80,81)83-71-70-77(3,4)5)72-82-75(78)68-66-64-62-60-58-56-54-52-50-48-46-29-27-25-23-21-19-17-15-13-11-9-7-2/h8-11,14-17,20-23,26-29,31-32,48,50,74H,6-7,12-13,18-19,24-25,30,33-47,49,51-73H2,1-5H3/p+1/b10-8-,11-9-,16-14-,17-15-,22-20-,23-21-,28-26-,29-27-,32-31-,50-48-. The number of quaternary nitrogens is 1. The molecule has 0 radical (unpaired) electrons. The molecule has 0 rings (SSSR count). The molecule has 0 heterocycles. The van der Waals surface area contributed by atoms with Crippen LogP contribution in [0, 0.1) is 0 Å². The molecule has 0 aromatic carbocycles. The number of hydrogen-bond donors (Lipinski definition) is 1. The summed E-state index contributed by atoms with van der Waals surface area (Å²) in [5, 5.41) is 0. The van der Waals surface area contributed by atoms with Crippen molar-refractivity contribution in [3.05, 3.63) is 122 Å². The van der Waals surface area contributed by atoms with Crippen LogP contribution in [0.3, 0.4) is 0 Å². The maximum absolute atomic E-state index is 12.9. The lowest BCUT2D eigenvalue weighted by Gasteiger charge is -2.24. The van der Waals surface area contributed by atoms with E-state index in [2.05, 4.69) is 135 Å². The highest BCUT2D eigenvalue weighted by atomic mass is 31.2. The third kappa shape index (κ3) is 69.5. The number of phosphoric acid groups is 1. The summed E-state index contributed by atoms with van der Waals surface area (Å²) >= 11 is 0. The van der Waals surface area contributed by atoms with Gasteiger partial charge >= 0.3 is 19.8 Å². The van der Waals surface area contributed by atoms with E-state index in [0.29, 0.717) is 17.4 Å². The molecular formula is C76H133NO8P+. The largest absolute Gasteiger partial charge is 0.472 e. The van der Waals surface area contributed by atoms with Crippen molar-refractivity contribution in [2.24, 2.45) is 0 Å². The number of allylic oxidation sites excluding steroid dienone is 20. The fraction of sp³-hybridized carbons (Fsp3) is 0.711. The number of carbonyl (C=O) groups excluding carboxylic acids is 2. The van der Waals surface area contributed by atoms with Gasteiger partial charge in [0, 0.05) is 12.8 Å². The number of rotatable bonds is 64. The van der Waals surface area contributed by atoms with Gasteiger partial charge in [0.25, 0.3) is 0 Å². The van der Waals surface area contributed by atoms with E-state index in [-0.39, 0.29) is 32.0 Å². The van der Waals surface area contributed by atoms with E-state index in [1.54, 1.807) is 0 Å². The van der Waals surface area contributed by atoms with Crippen LogP contribution in [-0.4, -0.2) is 74.9 Å². The van der Waals surface area contributed by atoms with Gasteiger partial charge in [-0.2, -0.15) is 0 Å². The Labute approximate surface area is 530 Å². The normalized spacial score (nSPS) is 13.9. The maximum atomic E-state index is 12.9. The summed E-state index contributed by atoms with van der Waals surface area (Å²) in [5.74, 6) is -0.805. The first-order chi connectivity index (χ1) is 42.0. The van der Waals surface area contributed by atoms with Crippen molar-refractivity contribution in [2.75, 3.05) is 47.5 Å². The lowest BCUT2D eigenvalue weighted by Crippen LogP contribution is -2.37. The Kier molecular flexibility index (Phi) is 63.1. The molecule has 9 nitrogen and oxygen atoms in total. The number of carbonyl (C=O) groups is 2. The monoisotopic (exact) mass is 1220 g/mol. The Bertz CT molecular complexity index is 1870. The molecule has 0 fully saturated rings. The molecule has 0 amide bonds. The van der Waals surface area contributed by atoms with Gasteiger partial charge in [0.15, 0.2) is 6.10 Å². The molecule has 1 N–H and O–H groups in total. The first-order valence-corrected chi connectivity index (χ1v) is 36.8. The fourth-order valence-electron chi connectivity index (χ4n) is 9.66. The second-order valence-corrected chi connectivity index (χ2v) is 26.0. The van der Waals surface area contributed by atoms with E-state index >= 15 is 0 Å². The number of phosphoric ester groups is 1. The average molecular weight is 1220 g/mol. The summed E-state index contributed by atoms with van der Waals surface area (Å²) in [6, 6.07) is 0. The highest BCUT2D eigenvalue weighted by Gasteiger charge is 2.27. The Morgan fingerprint density at radius 1 is 0.360 bits per heavy atom. The van der Waals surface area contributed by atoms with Crippen molar-refractivity contribution < 1.29 is 42.1 Å². The average Bonchev–Trinajstić information content (AvgIpc) is 3.56. The van der Waals surface area contributed by atoms with Gasteiger partial charge < -0.3 is 18.9 Å². The van der Waals surface area contributed by atoms with Gasteiger partial charge in [-0.05, 0) is 103 Å². The van der Waals surface area contributed by atoms with Crippen molar-refractivity contribution in [1.82, 2.24) is 0 Å². The summed E-state index contributed by atoms with van der Waals surface area (Å²) in [6.45, 7) is 4.21. The molecule has 0 aliphatic carbocycles. The highest BCUT2D eigenvalue weighted by Crippen LogP contribution is 2.43. The van der Waals surface area contributed by atoms with Crippen LogP contribution < -0.4 is 0 Å². The number of hydrogen-bond acceptors (Lipinski definition) is 7. The SMILES string of the molecule is CC/C=C\C/C=C\C/C=C\C/C=C\C/C=C\CCCCCCCCCCCCCCCCCCCCCCCCCC(=O)OC(COC(=O)CCCCCCCCC/C=C\C/C=C\C/C=C\C/C=C\C/C=C\CC)COP(=O)(O)OCC[N+](C)(C)C. The Morgan fingerprint density at radius 2 is 0.628 bits per heavy atom. The quantitative estimate of drug-likeness (QED) is 0.0211. The molecule has 10 heteroatoms. The summed E-state index contributed by atoms with van der Waals surface area (Å²) in [4.78, 5) is 35.9. The Morgan fingerprint density at radius 3 is 0.930 bits per heavy atom. The lowest BCUT2D eigenvalue weighted by atomic mass is 10.0. The predicted octanol–water partition coefficient (Wildman–Crippen LogP) is 23.0. The van der Waals surface area contributed by atoms with Gasteiger partial charge in [-0.1, -0.05) is 302 Å². The zero-order chi connectivity index (χ0) is 62.6. The molecule has 494 valence electrons. The summed E-state index contributed by atoms with van der Waals surface area (Å²) in [5.41, 5.74) is 0. The van der Waals surface area contributed by atoms with Crippen LogP contribution in [0.4, 0.5) is 0 Å². The topological polar surface area (TPSA) is 108 Å².